The van der Waals surface area contributed by atoms with Crippen molar-refractivity contribution in [3.8, 4) is 5.75 Å². The highest BCUT2D eigenvalue weighted by Crippen LogP contribution is 2.18. The van der Waals surface area contributed by atoms with E-state index in [1.165, 1.54) is 0 Å². The normalized spacial score (nSPS) is 12.3. The fraction of sp³-hybridized carbons (Fsp3) is 0.533. The van der Waals surface area contributed by atoms with E-state index in [9.17, 15) is 4.79 Å². The Balaban J connectivity index is 2.76. The number of para-hydroxylation sites is 1. The van der Waals surface area contributed by atoms with Gasteiger partial charge in [0.2, 0.25) is 0 Å². The first kappa shape index (κ1) is 15.8. The second-order valence-corrected chi connectivity index (χ2v) is 5.19. The molecular weight excluding hydrogens is 262 g/mol. The van der Waals surface area contributed by atoms with E-state index in [1.54, 1.807) is 12.1 Å². The number of halogens is 1. The van der Waals surface area contributed by atoms with Gasteiger partial charge in [-0.15, -0.1) is 11.6 Å². The Labute approximate surface area is 120 Å². The molecule has 0 bridgehead atoms. The van der Waals surface area contributed by atoms with Crippen molar-refractivity contribution in [2.24, 2.45) is 5.92 Å². The van der Waals surface area contributed by atoms with E-state index in [0.29, 0.717) is 29.7 Å². The molecule has 0 fully saturated rings. The standard InChI is InChI=1S/C15H22ClNO2/c1-4-19-14-8-6-5-7-13(14)15(18)17-12(10-16)9-11(2)3/h5-8,11-12H,4,9-10H2,1-3H3,(H,17,18). The van der Waals surface area contributed by atoms with Crippen molar-refractivity contribution < 1.29 is 9.53 Å². The summed E-state index contributed by atoms with van der Waals surface area (Å²) in [7, 11) is 0. The van der Waals surface area contributed by atoms with Gasteiger partial charge in [0.05, 0.1) is 12.2 Å². The van der Waals surface area contributed by atoms with Crippen LogP contribution < -0.4 is 10.1 Å². The van der Waals surface area contributed by atoms with Crippen LogP contribution >= 0.6 is 11.6 Å². The SMILES string of the molecule is CCOc1ccccc1C(=O)NC(CCl)CC(C)C. The number of nitrogens with one attached hydrogen (secondary N) is 1. The van der Waals surface area contributed by atoms with Crippen LogP contribution in [-0.2, 0) is 0 Å². The van der Waals surface area contributed by atoms with Gasteiger partial charge < -0.3 is 10.1 Å². The Morgan fingerprint density at radius 1 is 1.37 bits per heavy atom. The highest BCUT2D eigenvalue weighted by Gasteiger charge is 2.17. The molecular formula is C15H22ClNO2. The largest absolute Gasteiger partial charge is 0.493 e. The fourth-order valence-electron chi connectivity index (χ4n) is 1.93. The van der Waals surface area contributed by atoms with Gasteiger partial charge in [0.1, 0.15) is 5.75 Å². The van der Waals surface area contributed by atoms with Crippen LogP contribution in [0.2, 0.25) is 0 Å². The molecule has 1 amide bonds. The predicted molar refractivity (Wildman–Crippen MR) is 79.0 cm³/mol. The third-order valence-electron chi connectivity index (χ3n) is 2.71. The predicted octanol–water partition coefficient (Wildman–Crippen LogP) is 3.47. The molecule has 0 aliphatic heterocycles. The molecule has 1 rings (SSSR count). The molecule has 4 heteroatoms. The lowest BCUT2D eigenvalue weighted by Crippen LogP contribution is -2.37. The molecule has 0 radical (unpaired) electrons. The van der Waals surface area contributed by atoms with Gasteiger partial charge in [-0.05, 0) is 31.4 Å². The number of benzene rings is 1. The van der Waals surface area contributed by atoms with Crippen LogP contribution in [0.15, 0.2) is 24.3 Å². The molecule has 0 spiro atoms. The van der Waals surface area contributed by atoms with Crippen LogP contribution in [0.1, 0.15) is 37.6 Å². The summed E-state index contributed by atoms with van der Waals surface area (Å²) in [4.78, 5) is 12.2. The van der Waals surface area contributed by atoms with E-state index in [0.717, 1.165) is 6.42 Å². The number of carbonyl (C=O) groups is 1. The minimum Gasteiger partial charge on any atom is -0.493 e. The summed E-state index contributed by atoms with van der Waals surface area (Å²) in [6.07, 6.45) is 0.867. The van der Waals surface area contributed by atoms with Crippen LogP contribution in [0.3, 0.4) is 0 Å². The highest BCUT2D eigenvalue weighted by atomic mass is 35.5. The van der Waals surface area contributed by atoms with Crippen LogP contribution in [0, 0.1) is 5.92 Å². The minimum atomic E-state index is -0.129. The first-order valence-electron chi connectivity index (χ1n) is 6.67. The summed E-state index contributed by atoms with van der Waals surface area (Å²) < 4.78 is 5.46. The molecule has 1 aromatic rings. The van der Waals surface area contributed by atoms with Crippen LogP contribution in [0.4, 0.5) is 0 Å². The van der Waals surface area contributed by atoms with Crippen molar-refractivity contribution in [2.45, 2.75) is 33.2 Å². The molecule has 0 aliphatic carbocycles. The summed E-state index contributed by atoms with van der Waals surface area (Å²) in [5, 5.41) is 2.96. The molecule has 3 nitrogen and oxygen atoms in total. The van der Waals surface area contributed by atoms with Crippen LogP contribution in [0.25, 0.3) is 0 Å². The first-order chi connectivity index (χ1) is 9.08. The number of hydrogen-bond donors (Lipinski definition) is 1. The maximum atomic E-state index is 12.2. The molecule has 106 valence electrons. The minimum absolute atomic E-state index is 0.0103. The van der Waals surface area contributed by atoms with E-state index in [2.05, 4.69) is 19.2 Å². The lowest BCUT2D eigenvalue weighted by Gasteiger charge is -2.19. The van der Waals surface area contributed by atoms with Crippen molar-refractivity contribution in [3.05, 3.63) is 29.8 Å². The van der Waals surface area contributed by atoms with Gasteiger partial charge >= 0.3 is 0 Å². The first-order valence-corrected chi connectivity index (χ1v) is 7.20. The van der Waals surface area contributed by atoms with Gasteiger partial charge in [-0.25, -0.2) is 0 Å². The van der Waals surface area contributed by atoms with E-state index in [-0.39, 0.29) is 11.9 Å². The number of carbonyl (C=O) groups excluding carboxylic acids is 1. The number of amides is 1. The van der Waals surface area contributed by atoms with E-state index >= 15 is 0 Å². The quantitative estimate of drug-likeness (QED) is 0.778. The molecule has 0 heterocycles. The lowest BCUT2D eigenvalue weighted by atomic mass is 10.0. The van der Waals surface area contributed by atoms with Gasteiger partial charge in [-0.1, -0.05) is 26.0 Å². The third kappa shape index (κ3) is 5.11. The summed E-state index contributed by atoms with van der Waals surface area (Å²) in [6, 6.07) is 7.24. The molecule has 0 saturated carbocycles. The van der Waals surface area contributed by atoms with Gasteiger partial charge in [-0.2, -0.15) is 0 Å². The number of rotatable bonds is 7. The molecule has 0 aromatic heterocycles. The molecule has 1 unspecified atom stereocenters. The van der Waals surface area contributed by atoms with Crippen molar-refractivity contribution in [1.29, 1.82) is 0 Å². The maximum Gasteiger partial charge on any atom is 0.255 e. The van der Waals surface area contributed by atoms with Crippen molar-refractivity contribution in [2.75, 3.05) is 12.5 Å². The Kier molecular flexibility index (Phi) is 6.71. The highest BCUT2D eigenvalue weighted by molar-refractivity contribution is 6.18. The smallest absolute Gasteiger partial charge is 0.255 e. The van der Waals surface area contributed by atoms with Crippen molar-refractivity contribution in [1.82, 2.24) is 5.32 Å². The average Bonchev–Trinajstić information content (AvgIpc) is 2.38. The van der Waals surface area contributed by atoms with E-state index in [1.807, 2.05) is 19.1 Å². The van der Waals surface area contributed by atoms with Gasteiger partial charge in [0, 0.05) is 11.9 Å². The molecule has 19 heavy (non-hydrogen) atoms. The second-order valence-electron chi connectivity index (χ2n) is 4.88. The summed E-state index contributed by atoms with van der Waals surface area (Å²) in [5.74, 6) is 1.39. The summed E-state index contributed by atoms with van der Waals surface area (Å²) >= 11 is 5.90. The molecule has 0 saturated heterocycles. The number of hydrogen-bond acceptors (Lipinski definition) is 2. The topological polar surface area (TPSA) is 38.3 Å². The Morgan fingerprint density at radius 3 is 2.63 bits per heavy atom. The zero-order valence-corrected chi connectivity index (χ0v) is 12.5. The van der Waals surface area contributed by atoms with Crippen molar-refractivity contribution in [3.63, 3.8) is 0 Å². The summed E-state index contributed by atoms with van der Waals surface area (Å²) in [5.41, 5.74) is 0.559. The third-order valence-corrected chi connectivity index (χ3v) is 3.08. The molecule has 1 N–H and O–H groups in total. The van der Waals surface area contributed by atoms with E-state index < -0.39 is 0 Å². The Morgan fingerprint density at radius 2 is 2.05 bits per heavy atom. The second kappa shape index (κ2) is 8.05. The van der Waals surface area contributed by atoms with Gasteiger partial charge in [0.25, 0.3) is 5.91 Å². The zero-order chi connectivity index (χ0) is 14.3. The van der Waals surface area contributed by atoms with Gasteiger partial charge in [0.15, 0.2) is 0 Å². The molecule has 1 atom stereocenters. The van der Waals surface area contributed by atoms with Gasteiger partial charge in [-0.3, -0.25) is 4.79 Å². The van der Waals surface area contributed by atoms with Crippen molar-refractivity contribution >= 4 is 17.5 Å². The maximum absolute atomic E-state index is 12.2. The average molecular weight is 284 g/mol. The Bertz CT molecular complexity index is 407. The Hall–Kier alpha value is -1.22. The van der Waals surface area contributed by atoms with E-state index in [4.69, 9.17) is 16.3 Å². The number of ether oxygens (including phenoxy) is 1. The lowest BCUT2D eigenvalue weighted by molar-refractivity contribution is 0.0933. The molecule has 1 aromatic carbocycles. The van der Waals surface area contributed by atoms with Crippen LogP contribution in [-0.4, -0.2) is 24.4 Å². The zero-order valence-electron chi connectivity index (χ0n) is 11.8. The number of alkyl halides is 1. The monoisotopic (exact) mass is 283 g/mol. The summed E-state index contributed by atoms with van der Waals surface area (Å²) in [6.45, 7) is 6.66. The van der Waals surface area contributed by atoms with Crippen LogP contribution in [0.5, 0.6) is 5.75 Å². The molecule has 0 aliphatic rings. The fourth-order valence-corrected chi connectivity index (χ4v) is 2.13.